The van der Waals surface area contributed by atoms with Crippen LogP contribution in [0.15, 0.2) is 66.9 Å². The van der Waals surface area contributed by atoms with E-state index in [0.29, 0.717) is 17.9 Å². The van der Waals surface area contributed by atoms with E-state index in [-0.39, 0.29) is 5.91 Å². The maximum absolute atomic E-state index is 13.0. The van der Waals surface area contributed by atoms with Crippen molar-refractivity contribution in [2.45, 2.75) is 64.1 Å². The van der Waals surface area contributed by atoms with E-state index in [1.54, 1.807) is 31.0 Å². The summed E-state index contributed by atoms with van der Waals surface area (Å²) < 4.78 is 39.1. The number of halogens is 3. The summed E-state index contributed by atoms with van der Waals surface area (Å²) in [4.78, 5) is 20.4. The Bertz CT molecular complexity index is 1330. The Kier molecular flexibility index (Phi) is 8.85. The Morgan fingerprint density at radius 2 is 1.76 bits per heavy atom. The third-order valence-corrected chi connectivity index (χ3v) is 8.76. The second-order valence-corrected chi connectivity index (χ2v) is 11.6. The molecule has 3 aromatic rings. The standard InChI is InChI=1S/C33H39F3N4O/c1-23(41)39(2)30-10-5-9-25(20-30)26-16-17-37-32(21-26)38-31-11-4-3-8-27(31)19-24-7-6-18-40(22-24)29-14-12-28(13-15-29)33(34,35)36/h5,9-10,12-17,20-21,24,27,31H,3-4,6-8,11,18-19,22H2,1-2H3,(H,37,38)/t24-,27+,31-/m1/s1. The lowest BCUT2D eigenvalue weighted by Gasteiger charge is -2.39. The van der Waals surface area contributed by atoms with Crippen LogP contribution in [-0.2, 0) is 11.0 Å². The van der Waals surface area contributed by atoms with Gasteiger partial charge >= 0.3 is 6.18 Å². The molecule has 218 valence electrons. The van der Waals surface area contributed by atoms with E-state index in [2.05, 4.69) is 21.3 Å². The van der Waals surface area contributed by atoms with Crippen LogP contribution >= 0.6 is 0 Å². The van der Waals surface area contributed by atoms with Crippen molar-refractivity contribution < 1.29 is 18.0 Å². The number of alkyl halides is 3. The highest BCUT2D eigenvalue weighted by Gasteiger charge is 2.32. The number of amides is 1. The van der Waals surface area contributed by atoms with Crippen LogP contribution in [-0.4, -0.2) is 37.1 Å². The van der Waals surface area contributed by atoms with E-state index in [1.807, 2.05) is 36.5 Å². The molecule has 5 rings (SSSR count). The van der Waals surface area contributed by atoms with Gasteiger partial charge in [0, 0.05) is 50.7 Å². The van der Waals surface area contributed by atoms with Gasteiger partial charge in [-0.15, -0.1) is 0 Å². The fraction of sp³-hybridized carbons (Fsp3) is 0.455. The van der Waals surface area contributed by atoms with Crippen molar-refractivity contribution in [2.75, 3.05) is 35.3 Å². The van der Waals surface area contributed by atoms with Gasteiger partial charge in [0.1, 0.15) is 5.82 Å². The molecular formula is C33H39F3N4O. The maximum Gasteiger partial charge on any atom is 0.416 e. The maximum atomic E-state index is 13.0. The monoisotopic (exact) mass is 564 g/mol. The second kappa shape index (κ2) is 12.5. The number of carbonyl (C=O) groups is 1. The molecule has 0 spiro atoms. The van der Waals surface area contributed by atoms with Crippen molar-refractivity contribution in [3.63, 3.8) is 0 Å². The molecule has 2 heterocycles. The number of carbonyl (C=O) groups excluding carboxylic acids is 1. The van der Waals surface area contributed by atoms with Gasteiger partial charge in [0.25, 0.3) is 0 Å². The minimum atomic E-state index is -4.31. The Hall–Kier alpha value is -3.55. The summed E-state index contributed by atoms with van der Waals surface area (Å²) in [6, 6.07) is 18.0. The lowest BCUT2D eigenvalue weighted by molar-refractivity contribution is -0.137. The smallest absolute Gasteiger partial charge is 0.371 e. The van der Waals surface area contributed by atoms with Crippen LogP contribution in [0.5, 0.6) is 0 Å². The molecule has 1 aliphatic carbocycles. The number of piperidine rings is 1. The first-order valence-electron chi connectivity index (χ1n) is 14.7. The van der Waals surface area contributed by atoms with Crippen LogP contribution in [0, 0.1) is 11.8 Å². The van der Waals surface area contributed by atoms with Crippen LogP contribution in [0.1, 0.15) is 57.4 Å². The number of nitrogens with one attached hydrogen (secondary N) is 1. The van der Waals surface area contributed by atoms with Crippen molar-refractivity contribution in [3.8, 4) is 11.1 Å². The average molecular weight is 565 g/mol. The number of pyridine rings is 1. The van der Waals surface area contributed by atoms with E-state index in [0.717, 1.165) is 67.1 Å². The second-order valence-electron chi connectivity index (χ2n) is 11.6. The molecule has 2 fully saturated rings. The summed E-state index contributed by atoms with van der Waals surface area (Å²) in [7, 11) is 1.78. The lowest BCUT2D eigenvalue weighted by Crippen LogP contribution is -2.39. The fourth-order valence-corrected chi connectivity index (χ4v) is 6.42. The van der Waals surface area contributed by atoms with Gasteiger partial charge in [0.15, 0.2) is 0 Å². The van der Waals surface area contributed by atoms with Crippen LogP contribution in [0.2, 0.25) is 0 Å². The topological polar surface area (TPSA) is 48.5 Å². The third kappa shape index (κ3) is 7.21. The predicted molar refractivity (Wildman–Crippen MR) is 159 cm³/mol. The van der Waals surface area contributed by atoms with Crippen molar-refractivity contribution >= 4 is 23.1 Å². The Balaban J connectivity index is 1.24. The molecule has 8 heteroatoms. The molecule has 1 amide bonds. The van der Waals surface area contributed by atoms with Crippen LogP contribution in [0.4, 0.5) is 30.4 Å². The zero-order valence-corrected chi connectivity index (χ0v) is 23.8. The number of nitrogens with zero attached hydrogens (tertiary/aromatic N) is 3. The molecule has 1 saturated heterocycles. The van der Waals surface area contributed by atoms with E-state index in [4.69, 9.17) is 0 Å². The SMILES string of the molecule is CC(=O)N(C)c1cccc(-c2ccnc(N[C@@H]3CCCC[C@H]3C[C@H]3CCCN(c4ccc(C(F)(F)F)cc4)C3)c2)c1. The molecular weight excluding hydrogens is 525 g/mol. The summed E-state index contributed by atoms with van der Waals surface area (Å²) in [6.07, 6.45) is 5.53. The average Bonchev–Trinajstić information content (AvgIpc) is 2.98. The number of benzene rings is 2. The Morgan fingerprint density at radius 1 is 1.00 bits per heavy atom. The van der Waals surface area contributed by atoms with Gasteiger partial charge in [-0.05, 0) is 104 Å². The number of hydrogen-bond donors (Lipinski definition) is 1. The Morgan fingerprint density at radius 3 is 2.51 bits per heavy atom. The molecule has 2 aliphatic rings. The van der Waals surface area contributed by atoms with E-state index in [1.165, 1.54) is 31.4 Å². The fourth-order valence-electron chi connectivity index (χ4n) is 6.42. The number of rotatable bonds is 7. The molecule has 3 atom stereocenters. The number of hydrogen-bond acceptors (Lipinski definition) is 4. The van der Waals surface area contributed by atoms with Gasteiger partial charge in [-0.3, -0.25) is 4.79 Å². The lowest BCUT2D eigenvalue weighted by atomic mass is 9.77. The minimum absolute atomic E-state index is 0.0111. The first kappa shape index (κ1) is 29.0. The van der Waals surface area contributed by atoms with Gasteiger partial charge in [0.05, 0.1) is 5.56 Å². The third-order valence-electron chi connectivity index (χ3n) is 8.76. The van der Waals surface area contributed by atoms with Gasteiger partial charge in [-0.1, -0.05) is 25.0 Å². The van der Waals surface area contributed by atoms with Crippen molar-refractivity contribution in [2.24, 2.45) is 11.8 Å². The normalized spacial score (nSPS) is 21.4. The summed E-state index contributed by atoms with van der Waals surface area (Å²) in [6.45, 7) is 3.32. The Labute approximate surface area is 240 Å². The molecule has 0 bridgehead atoms. The van der Waals surface area contributed by atoms with E-state index < -0.39 is 11.7 Å². The zero-order chi connectivity index (χ0) is 29.0. The summed E-state index contributed by atoms with van der Waals surface area (Å²) in [5, 5.41) is 3.75. The molecule has 2 aromatic carbocycles. The first-order chi connectivity index (χ1) is 19.7. The molecule has 1 N–H and O–H groups in total. The molecule has 1 aliphatic heterocycles. The van der Waals surface area contributed by atoms with Crippen molar-refractivity contribution in [3.05, 3.63) is 72.4 Å². The van der Waals surface area contributed by atoms with Crippen molar-refractivity contribution in [1.82, 2.24) is 4.98 Å². The van der Waals surface area contributed by atoms with Crippen molar-refractivity contribution in [1.29, 1.82) is 0 Å². The van der Waals surface area contributed by atoms with Gasteiger partial charge in [0.2, 0.25) is 5.91 Å². The van der Waals surface area contributed by atoms with Gasteiger partial charge in [-0.25, -0.2) is 4.98 Å². The number of aromatic nitrogens is 1. The summed E-state index contributed by atoms with van der Waals surface area (Å²) in [5.74, 6) is 1.89. The zero-order valence-electron chi connectivity index (χ0n) is 23.8. The number of anilines is 3. The highest BCUT2D eigenvalue weighted by atomic mass is 19.4. The molecule has 0 radical (unpaired) electrons. The quantitative estimate of drug-likeness (QED) is 0.316. The molecule has 5 nitrogen and oxygen atoms in total. The first-order valence-corrected chi connectivity index (χ1v) is 14.7. The largest absolute Gasteiger partial charge is 0.416 e. The summed E-state index contributed by atoms with van der Waals surface area (Å²) in [5.41, 5.74) is 3.21. The van der Waals surface area contributed by atoms with Crippen LogP contribution in [0.25, 0.3) is 11.1 Å². The van der Waals surface area contributed by atoms with Gasteiger partial charge in [-0.2, -0.15) is 13.2 Å². The highest BCUT2D eigenvalue weighted by Crippen LogP contribution is 2.36. The predicted octanol–water partition coefficient (Wildman–Crippen LogP) is 8.03. The molecule has 1 saturated carbocycles. The molecule has 41 heavy (non-hydrogen) atoms. The minimum Gasteiger partial charge on any atom is -0.371 e. The van der Waals surface area contributed by atoms with Crippen LogP contribution in [0.3, 0.4) is 0 Å². The van der Waals surface area contributed by atoms with E-state index >= 15 is 0 Å². The van der Waals surface area contributed by atoms with Gasteiger partial charge < -0.3 is 15.1 Å². The van der Waals surface area contributed by atoms with Crippen LogP contribution < -0.4 is 15.1 Å². The highest BCUT2D eigenvalue weighted by molar-refractivity contribution is 5.91. The molecule has 1 aromatic heterocycles. The molecule has 0 unspecified atom stereocenters. The summed E-state index contributed by atoms with van der Waals surface area (Å²) >= 11 is 0. The van der Waals surface area contributed by atoms with E-state index in [9.17, 15) is 18.0 Å².